The van der Waals surface area contributed by atoms with Gasteiger partial charge in [0.05, 0.1) is 12.5 Å². The van der Waals surface area contributed by atoms with Crippen molar-refractivity contribution in [2.24, 2.45) is 5.10 Å². The van der Waals surface area contributed by atoms with Crippen LogP contribution in [0.1, 0.15) is 23.0 Å². The van der Waals surface area contributed by atoms with Crippen molar-refractivity contribution in [3.63, 3.8) is 0 Å². The number of benzene rings is 1. The van der Waals surface area contributed by atoms with E-state index in [-0.39, 0.29) is 5.76 Å². The first-order chi connectivity index (χ1) is 10.6. The number of hydrazone groups is 1. The molecule has 0 radical (unpaired) electrons. The van der Waals surface area contributed by atoms with Gasteiger partial charge in [-0.3, -0.25) is 4.79 Å². The summed E-state index contributed by atoms with van der Waals surface area (Å²) in [5.41, 5.74) is 3.04. The van der Waals surface area contributed by atoms with Gasteiger partial charge in [-0.25, -0.2) is 10.2 Å². The highest BCUT2D eigenvalue weighted by atomic mass is 16.5. The Balaban J connectivity index is 1.89. The van der Waals surface area contributed by atoms with Gasteiger partial charge in [-0.2, -0.15) is 5.10 Å². The molecule has 0 aliphatic heterocycles. The second-order valence-corrected chi connectivity index (χ2v) is 4.34. The lowest BCUT2D eigenvalue weighted by atomic mass is 10.2. The normalized spacial score (nSPS) is 12.0. The Kier molecular flexibility index (Phi) is 4.92. The van der Waals surface area contributed by atoms with E-state index in [1.807, 2.05) is 0 Å². The Bertz CT molecular complexity index is 662. The molecule has 0 spiro atoms. The molecule has 1 aromatic carbocycles. The zero-order valence-electron chi connectivity index (χ0n) is 11.7. The van der Waals surface area contributed by atoms with Crippen LogP contribution in [0.3, 0.4) is 0 Å². The number of carbonyl (C=O) groups is 2. The summed E-state index contributed by atoms with van der Waals surface area (Å²) in [6.45, 7) is 1.45. The Morgan fingerprint density at radius 2 is 2.05 bits per heavy atom. The van der Waals surface area contributed by atoms with Crippen LogP contribution in [0, 0.1) is 0 Å². The van der Waals surface area contributed by atoms with Crippen LogP contribution >= 0.6 is 0 Å². The van der Waals surface area contributed by atoms with E-state index >= 15 is 0 Å². The average Bonchev–Trinajstić information content (AvgIpc) is 3.03. The van der Waals surface area contributed by atoms with Crippen LogP contribution in [0.15, 0.2) is 52.2 Å². The average molecular weight is 302 g/mol. The number of aliphatic carboxylic acids is 1. The van der Waals surface area contributed by atoms with Crippen molar-refractivity contribution in [3.8, 4) is 5.75 Å². The summed E-state index contributed by atoms with van der Waals surface area (Å²) in [4.78, 5) is 22.2. The van der Waals surface area contributed by atoms with E-state index in [0.29, 0.717) is 5.75 Å². The molecule has 22 heavy (non-hydrogen) atoms. The van der Waals surface area contributed by atoms with Crippen LogP contribution in [0.25, 0.3) is 0 Å². The van der Waals surface area contributed by atoms with E-state index in [1.54, 1.807) is 30.3 Å². The standard InChI is InChI=1S/C15H14N2O5/c1-10(15(19)20)22-12-6-4-11(5-7-12)9-16-17-14(18)13-3-2-8-21-13/h2-10H,1H3,(H,17,18)(H,19,20)/b16-9-. The number of carboxylic acids is 1. The van der Waals surface area contributed by atoms with E-state index < -0.39 is 18.0 Å². The van der Waals surface area contributed by atoms with Gasteiger partial charge < -0.3 is 14.3 Å². The molecule has 1 amide bonds. The number of carbonyl (C=O) groups excluding carboxylic acids is 1. The fraction of sp³-hybridized carbons (Fsp3) is 0.133. The number of nitrogens with one attached hydrogen (secondary N) is 1. The van der Waals surface area contributed by atoms with E-state index in [1.165, 1.54) is 25.5 Å². The smallest absolute Gasteiger partial charge is 0.344 e. The van der Waals surface area contributed by atoms with Gasteiger partial charge in [-0.1, -0.05) is 0 Å². The lowest BCUT2D eigenvalue weighted by Gasteiger charge is -2.09. The fourth-order valence-electron chi connectivity index (χ4n) is 1.52. The second kappa shape index (κ2) is 7.07. The summed E-state index contributed by atoms with van der Waals surface area (Å²) in [6.07, 6.45) is 1.92. The SMILES string of the molecule is CC(Oc1ccc(/C=N\NC(=O)c2ccco2)cc1)C(=O)O. The van der Waals surface area contributed by atoms with Crippen molar-refractivity contribution in [1.29, 1.82) is 0 Å². The number of amides is 1. The number of ether oxygens (including phenoxy) is 1. The maximum absolute atomic E-state index is 11.5. The summed E-state index contributed by atoms with van der Waals surface area (Å²) in [5, 5.41) is 12.5. The van der Waals surface area contributed by atoms with Crippen LogP contribution in [0.5, 0.6) is 5.75 Å². The lowest BCUT2D eigenvalue weighted by molar-refractivity contribution is -0.144. The highest BCUT2D eigenvalue weighted by Crippen LogP contribution is 2.13. The van der Waals surface area contributed by atoms with Gasteiger partial charge in [0.2, 0.25) is 0 Å². The lowest BCUT2D eigenvalue weighted by Crippen LogP contribution is -2.22. The van der Waals surface area contributed by atoms with Gasteiger partial charge in [0.15, 0.2) is 11.9 Å². The molecule has 0 aliphatic rings. The first-order valence-electron chi connectivity index (χ1n) is 6.42. The van der Waals surface area contributed by atoms with Crippen LogP contribution < -0.4 is 10.2 Å². The molecule has 0 saturated heterocycles. The summed E-state index contributed by atoms with van der Waals surface area (Å²) >= 11 is 0. The molecular formula is C15H14N2O5. The van der Waals surface area contributed by atoms with Crippen molar-refractivity contribution in [1.82, 2.24) is 5.43 Å². The third-order valence-corrected chi connectivity index (χ3v) is 2.67. The predicted molar refractivity (Wildman–Crippen MR) is 77.9 cm³/mol. The molecule has 0 fully saturated rings. The quantitative estimate of drug-likeness (QED) is 0.627. The number of nitrogens with zero attached hydrogens (tertiary/aromatic N) is 1. The van der Waals surface area contributed by atoms with Gasteiger partial charge >= 0.3 is 11.9 Å². The molecule has 1 aromatic heterocycles. The molecular weight excluding hydrogens is 288 g/mol. The van der Waals surface area contributed by atoms with E-state index in [9.17, 15) is 9.59 Å². The van der Waals surface area contributed by atoms with Gasteiger partial charge in [-0.15, -0.1) is 0 Å². The topological polar surface area (TPSA) is 101 Å². The molecule has 1 atom stereocenters. The molecule has 7 heteroatoms. The molecule has 114 valence electrons. The van der Waals surface area contributed by atoms with Crippen molar-refractivity contribution in [3.05, 3.63) is 54.0 Å². The molecule has 2 N–H and O–H groups in total. The maximum Gasteiger partial charge on any atom is 0.344 e. The van der Waals surface area contributed by atoms with Crippen LogP contribution in [0.2, 0.25) is 0 Å². The molecule has 0 bridgehead atoms. The number of furan rings is 1. The van der Waals surface area contributed by atoms with Gasteiger partial charge in [0.25, 0.3) is 0 Å². The number of hydrogen-bond acceptors (Lipinski definition) is 5. The monoisotopic (exact) mass is 302 g/mol. The number of hydrogen-bond donors (Lipinski definition) is 2. The number of rotatable bonds is 6. The Hall–Kier alpha value is -3.09. The van der Waals surface area contributed by atoms with E-state index in [4.69, 9.17) is 14.3 Å². The molecule has 2 aromatic rings. The largest absolute Gasteiger partial charge is 0.479 e. The van der Waals surface area contributed by atoms with Crippen LogP contribution in [-0.2, 0) is 4.79 Å². The van der Waals surface area contributed by atoms with Gasteiger partial charge in [0.1, 0.15) is 5.75 Å². The Morgan fingerprint density at radius 1 is 1.32 bits per heavy atom. The zero-order valence-corrected chi connectivity index (χ0v) is 11.7. The van der Waals surface area contributed by atoms with Crippen LogP contribution in [-0.4, -0.2) is 29.3 Å². The Morgan fingerprint density at radius 3 is 2.64 bits per heavy atom. The molecule has 0 saturated carbocycles. The highest BCUT2D eigenvalue weighted by Gasteiger charge is 2.11. The number of carboxylic acid groups (broad SMARTS) is 1. The van der Waals surface area contributed by atoms with Gasteiger partial charge in [0, 0.05) is 0 Å². The first kappa shape index (κ1) is 15.3. The van der Waals surface area contributed by atoms with Crippen molar-refractivity contribution in [2.75, 3.05) is 0 Å². The highest BCUT2D eigenvalue weighted by molar-refractivity contribution is 5.92. The van der Waals surface area contributed by atoms with Crippen LogP contribution in [0.4, 0.5) is 0 Å². The van der Waals surface area contributed by atoms with Crippen molar-refractivity contribution >= 4 is 18.1 Å². The minimum atomic E-state index is -1.04. The third-order valence-electron chi connectivity index (χ3n) is 2.67. The first-order valence-corrected chi connectivity index (χ1v) is 6.42. The molecule has 1 heterocycles. The molecule has 7 nitrogen and oxygen atoms in total. The summed E-state index contributed by atoms with van der Waals surface area (Å²) in [7, 11) is 0. The Labute approximate surface area is 126 Å². The minimum absolute atomic E-state index is 0.170. The minimum Gasteiger partial charge on any atom is -0.479 e. The summed E-state index contributed by atoms with van der Waals surface area (Å²) in [6, 6.07) is 9.75. The third kappa shape index (κ3) is 4.20. The maximum atomic E-state index is 11.5. The molecule has 1 unspecified atom stereocenters. The molecule has 0 aliphatic carbocycles. The van der Waals surface area contributed by atoms with Crippen molar-refractivity contribution < 1.29 is 23.8 Å². The van der Waals surface area contributed by atoms with E-state index in [2.05, 4.69) is 10.5 Å². The summed E-state index contributed by atoms with van der Waals surface area (Å²) in [5.74, 6) is -0.877. The molecule has 2 rings (SSSR count). The summed E-state index contributed by atoms with van der Waals surface area (Å²) < 4.78 is 10.1. The van der Waals surface area contributed by atoms with E-state index in [0.717, 1.165) is 5.56 Å². The van der Waals surface area contributed by atoms with Gasteiger partial charge in [-0.05, 0) is 48.9 Å². The van der Waals surface area contributed by atoms with Crippen molar-refractivity contribution in [2.45, 2.75) is 13.0 Å². The fourth-order valence-corrected chi connectivity index (χ4v) is 1.52. The predicted octanol–water partition coefficient (Wildman–Crippen LogP) is 1.90. The zero-order chi connectivity index (χ0) is 15.9. The second-order valence-electron chi connectivity index (χ2n) is 4.34.